The topological polar surface area (TPSA) is 17.0 Å². The number of halogens is 2. The van der Waals surface area contributed by atoms with Crippen LogP contribution in [0, 0.1) is 6.92 Å². The van der Waals surface area contributed by atoms with Gasteiger partial charge in [-0.2, -0.15) is 0 Å². The number of nitrogens with one attached hydrogen (secondary N) is 1. The molecule has 1 atom stereocenters. The maximum atomic E-state index is 6.38. The van der Waals surface area contributed by atoms with Gasteiger partial charge >= 0.3 is 0 Å². The minimum absolute atomic E-state index is 0. The molecule has 3 aromatic rings. The van der Waals surface area contributed by atoms with Gasteiger partial charge in [0, 0.05) is 40.8 Å². The lowest BCUT2D eigenvalue weighted by atomic mass is 10.1. The highest BCUT2D eigenvalue weighted by Gasteiger charge is 2.15. The molecule has 0 fully saturated rings. The van der Waals surface area contributed by atoms with E-state index in [1.807, 2.05) is 18.2 Å². The molecule has 0 bridgehead atoms. The lowest BCUT2D eigenvalue weighted by Crippen LogP contribution is -2.24. The van der Waals surface area contributed by atoms with Crippen molar-refractivity contribution in [3.8, 4) is 0 Å². The van der Waals surface area contributed by atoms with Crippen LogP contribution in [0.2, 0.25) is 5.02 Å². The van der Waals surface area contributed by atoms with Gasteiger partial charge in [-0.05, 0) is 43.5 Å². The molecule has 0 amide bonds. The number of benzene rings is 2. The number of aromatic nitrogens is 1. The molecule has 2 nitrogen and oxygen atoms in total. The highest BCUT2D eigenvalue weighted by Crippen LogP contribution is 2.28. The Morgan fingerprint density at radius 2 is 1.76 bits per heavy atom. The van der Waals surface area contributed by atoms with Crippen LogP contribution in [-0.4, -0.2) is 10.6 Å². The van der Waals surface area contributed by atoms with Gasteiger partial charge in [0.2, 0.25) is 0 Å². The Morgan fingerprint density at radius 1 is 1.08 bits per heavy atom. The summed E-state index contributed by atoms with van der Waals surface area (Å²) in [6, 6.07) is 17.3. The standard InChI is InChI=1S/C21H25ClN2.ClH/c1-4-15(2)23-13-19-16(3)24(21-12-8-6-10-18(19)21)14-17-9-5-7-11-20(17)22;/h5-12,15,23H,4,13-14H2,1-3H3;1H. The van der Waals surface area contributed by atoms with Gasteiger partial charge in [-0.3, -0.25) is 0 Å². The summed E-state index contributed by atoms with van der Waals surface area (Å²) in [4.78, 5) is 0. The molecular formula is C21H26Cl2N2. The van der Waals surface area contributed by atoms with Crippen molar-refractivity contribution in [2.24, 2.45) is 0 Å². The Kier molecular flexibility index (Phi) is 6.95. The van der Waals surface area contributed by atoms with Crippen LogP contribution >= 0.6 is 24.0 Å². The number of para-hydroxylation sites is 1. The van der Waals surface area contributed by atoms with Crippen LogP contribution in [0.25, 0.3) is 10.9 Å². The summed E-state index contributed by atoms with van der Waals surface area (Å²) >= 11 is 6.38. The molecule has 1 aromatic heterocycles. The van der Waals surface area contributed by atoms with E-state index in [0.29, 0.717) is 6.04 Å². The smallest absolute Gasteiger partial charge is 0.0493 e. The quantitative estimate of drug-likeness (QED) is 0.561. The van der Waals surface area contributed by atoms with E-state index >= 15 is 0 Å². The van der Waals surface area contributed by atoms with Gasteiger partial charge in [0.25, 0.3) is 0 Å². The molecule has 1 N–H and O–H groups in total. The summed E-state index contributed by atoms with van der Waals surface area (Å²) in [6.07, 6.45) is 1.14. The van der Waals surface area contributed by atoms with Crippen molar-refractivity contribution in [2.45, 2.75) is 46.3 Å². The summed E-state index contributed by atoms with van der Waals surface area (Å²) in [5.41, 5.74) is 5.13. The van der Waals surface area contributed by atoms with E-state index in [-0.39, 0.29) is 12.4 Å². The van der Waals surface area contributed by atoms with E-state index in [1.165, 1.54) is 22.2 Å². The summed E-state index contributed by atoms with van der Waals surface area (Å²) < 4.78 is 2.38. The van der Waals surface area contributed by atoms with E-state index in [2.05, 4.69) is 61.0 Å². The third kappa shape index (κ3) is 4.20. The molecule has 1 heterocycles. The largest absolute Gasteiger partial charge is 0.340 e. The first kappa shape index (κ1) is 19.8. The maximum absolute atomic E-state index is 6.38. The number of hydrogen-bond acceptors (Lipinski definition) is 1. The number of hydrogen-bond donors (Lipinski definition) is 1. The van der Waals surface area contributed by atoms with Gasteiger partial charge in [0.1, 0.15) is 0 Å². The maximum Gasteiger partial charge on any atom is 0.0493 e. The lowest BCUT2D eigenvalue weighted by molar-refractivity contribution is 0.533. The molecule has 0 spiro atoms. The van der Waals surface area contributed by atoms with E-state index in [9.17, 15) is 0 Å². The van der Waals surface area contributed by atoms with Gasteiger partial charge in [0.05, 0.1) is 0 Å². The summed E-state index contributed by atoms with van der Waals surface area (Å²) in [5.74, 6) is 0. The predicted molar refractivity (Wildman–Crippen MR) is 111 cm³/mol. The van der Waals surface area contributed by atoms with Crippen molar-refractivity contribution < 1.29 is 0 Å². The van der Waals surface area contributed by atoms with Crippen LogP contribution in [0.4, 0.5) is 0 Å². The first-order chi connectivity index (χ1) is 11.6. The molecule has 25 heavy (non-hydrogen) atoms. The van der Waals surface area contributed by atoms with Crippen LogP contribution in [-0.2, 0) is 13.1 Å². The van der Waals surface area contributed by atoms with Crippen molar-refractivity contribution in [3.05, 3.63) is 70.4 Å². The average Bonchev–Trinajstić information content (AvgIpc) is 2.86. The highest BCUT2D eigenvalue weighted by molar-refractivity contribution is 6.31. The monoisotopic (exact) mass is 376 g/mol. The van der Waals surface area contributed by atoms with Crippen molar-refractivity contribution in [3.63, 3.8) is 0 Å². The predicted octanol–water partition coefficient (Wildman–Crippen LogP) is 5.96. The van der Waals surface area contributed by atoms with Gasteiger partial charge in [-0.1, -0.05) is 54.9 Å². The molecule has 0 radical (unpaired) electrons. The minimum Gasteiger partial charge on any atom is -0.340 e. The van der Waals surface area contributed by atoms with Gasteiger partial charge < -0.3 is 9.88 Å². The van der Waals surface area contributed by atoms with Crippen LogP contribution in [0.5, 0.6) is 0 Å². The zero-order valence-corrected chi connectivity index (χ0v) is 16.6. The number of rotatable bonds is 6. The molecule has 134 valence electrons. The fourth-order valence-corrected chi connectivity index (χ4v) is 3.34. The van der Waals surface area contributed by atoms with E-state index in [0.717, 1.165) is 30.1 Å². The van der Waals surface area contributed by atoms with Crippen LogP contribution < -0.4 is 5.32 Å². The van der Waals surface area contributed by atoms with Gasteiger partial charge in [-0.25, -0.2) is 0 Å². The molecule has 2 aromatic carbocycles. The third-order valence-corrected chi connectivity index (χ3v) is 5.26. The Morgan fingerprint density at radius 3 is 2.48 bits per heavy atom. The molecule has 0 aliphatic rings. The molecule has 0 aliphatic heterocycles. The van der Waals surface area contributed by atoms with Crippen LogP contribution in [0.15, 0.2) is 48.5 Å². The molecule has 0 aliphatic carbocycles. The number of fused-ring (bicyclic) bond motifs is 1. The van der Waals surface area contributed by atoms with Gasteiger partial charge in [-0.15, -0.1) is 12.4 Å². The zero-order valence-electron chi connectivity index (χ0n) is 15.1. The van der Waals surface area contributed by atoms with Crippen molar-refractivity contribution >= 4 is 34.9 Å². The summed E-state index contributed by atoms with van der Waals surface area (Å²) in [5, 5.41) is 5.79. The SMILES string of the molecule is CCC(C)NCc1c(C)n(Cc2ccccc2Cl)c2ccccc12.Cl. The summed E-state index contributed by atoms with van der Waals surface area (Å²) in [6.45, 7) is 8.36. The second kappa shape index (κ2) is 8.75. The van der Waals surface area contributed by atoms with E-state index < -0.39 is 0 Å². The van der Waals surface area contributed by atoms with Crippen molar-refractivity contribution in [2.75, 3.05) is 0 Å². The Labute approximate surface area is 161 Å². The molecular weight excluding hydrogens is 351 g/mol. The Bertz CT molecular complexity index is 839. The minimum atomic E-state index is 0. The lowest BCUT2D eigenvalue weighted by Gasteiger charge is -2.13. The Hall–Kier alpha value is -1.48. The number of nitrogens with zero attached hydrogens (tertiary/aromatic N) is 1. The normalized spacial score (nSPS) is 12.2. The van der Waals surface area contributed by atoms with E-state index in [1.54, 1.807) is 0 Å². The van der Waals surface area contributed by atoms with Crippen molar-refractivity contribution in [1.29, 1.82) is 0 Å². The highest BCUT2D eigenvalue weighted by atomic mass is 35.5. The van der Waals surface area contributed by atoms with E-state index in [4.69, 9.17) is 11.6 Å². The fourth-order valence-electron chi connectivity index (χ4n) is 3.15. The third-order valence-electron chi connectivity index (χ3n) is 4.89. The second-order valence-corrected chi connectivity index (χ2v) is 6.86. The zero-order chi connectivity index (χ0) is 17.1. The average molecular weight is 377 g/mol. The molecule has 3 rings (SSSR count). The fraction of sp³-hybridized carbons (Fsp3) is 0.333. The molecule has 0 saturated carbocycles. The Balaban J connectivity index is 0.00000225. The second-order valence-electron chi connectivity index (χ2n) is 6.45. The summed E-state index contributed by atoms with van der Waals surface area (Å²) in [7, 11) is 0. The molecule has 4 heteroatoms. The first-order valence-electron chi connectivity index (χ1n) is 8.65. The molecule has 1 unspecified atom stereocenters. The van der Waals surface area contributed by atoms with Crippen LogP contribution in [0.3, 0.4) is 0 Å². The van der Waals surface area contributed by atoms with Crippen LogP contribution in [0.1, 0.15) is 37.1 Å². The first-order valence-corrected chi connectivity index (χ1v) is 9.03. The molecule has 0 saturated heterocycles. The van der Waals surface area contributed by atoms with Gasteiger partial charge in [0.15, 0.2) is 0 Å². The van der Waals surface area contributed by atoms with Crippen molar-refractivity contribution in [1.82, 2.24) is 9.88 Å².